The molecular weight excluding hydrogens is 359 g/mol. The Hall–Kier alpha value is -1.61. The van der Waals surface area contributed by atoms with Crippen LogP contribution in [-0.2, 0) is 4.79 Å². The molecule has 4 nitrogen and oxygen atoms in total. The van der Waals surface area contributed by atoms with Gasteiger partial charge in [-0.15, -0.1) is 25.6 Å². The van der Waals surface area contributed by atoms with E-state index < -0.39 is 49.0 Å². The minimum Gasteiger partial charge on any atom is -0.406 e. The van der Waals surface area contributed by atoms with Gasteiger partial charge in [-0.3, -0.25) is 10.1 Å². The zero-order valence-electron chi connectivity index (χ0n) is 12.5. The van der Waals surface area contributed by atoms with Crippen molar-refractivity contribution in [2.24, 2.45) is 0 Å². The second kappa shape index (κ2) is 7.52. The number of benzene rings is 1. The van der Waals surface area contributed by atoms with E-state index in [0.29, 0.717) is 5.56 Å². The lowest BCUT2D eigenvalue weighted by Gasteiger charge is -2.18. The summed E-state index contributed by atoms with van der Waals surface area (Å²) in [5, 5.41) is 4.90. The Bertz CT molecular complexity index is 583. The molecule has 1 amide bonds. The summed E-state index contributed by atoms with van der Waals surface area (Å²) in [6.07, 6.45) is -5.42. The summed E-state index contributed by atoms with van der Waals surface area (Å²) in [5.74, 6) is -3.98. The van der Waals surface area contributed by atoms with Gasteiger partial charge < -0.3 is 10.1 Å². The van der Waals surface area contributed by atoms with Gasteiger partial charge in [-0.05, 0) is 24.6 Å². The maximum absolute atomic E-state index is 13.1. The predicted molar refractivity (Wildman–Crippen MR) is 78.3 cm³/mol. The van der Waals surface area contributed by atoms with E-state index in [1.54, 1.807) is 0 Å². The molecule has 1 aromatic carbocycles. The van der Waals surface area contributed by atoms with Crippen molar-refractivity contribution in [2.45, 2.75) is 37.7 Å². The van der Waals surface area contributed by atoms with Gasteiger partial charge in [-0.25, -0.2) is 8.78 Å². The molecule has 1 aliphatic heterocycles. The molecule has 0 radical (unpaired) electrons. The molecule has 2 unspecified atom stereocenters. The SMILES string of the molecule is CC(NC(=O)C1CC(F)(F)CN1)c1cccc(OC(F)(F)F)c1.Cl. The quantitative estimate of drug-likeness (QED) is 0.796. The van der Waals surface area contributed by atoms with Crippen molar-refractivity contribution in [2.75, 3.05) is 6.54 Å². The normalized spacial score (nSPS) is 20.8. The van der Waals surface area contributed by atoms with Crippen LogP contribution in [0.2, 0.25) is 0 Å². The fraction of sp³-hybridized carbons (Fsp3) is 0.500. The van der Waals surface area contributed by atoms with Crippen LogP contribution in [0.3, 0.4) is 0 Å². The zero-order chi connectivity index (χ0) is 17.3. The molecule has 0 saturated carbocycles. The van der Waals surface area contributed by atoms with Crippen LogP contribution in [0.25, 0.3) is 0 Å². The van der Waals surface area contributed by atoms with Gasteiger partial charge in [0.25, 0.3) is 5.92 Å². The predicted octanol–water partition coefficient (Wildman–Crippen LogP) is 3.18. The summed E-state index contributed by atoms with van der Waals surface area (Å²) in [6, 6.07) is 3.43. The molecule has 10 heteroatoms. The molecule has 1 heterocycles. The summed E-state index contributed by atoms with van der Waals surface area (Å²) >= 11 is 0. The topological polar surface area (TPSA) is 50.4 Å². The van der Waals surface area contributed by atoms with Gasteiger partial charge in [-0.1, -0.05) is 12.1 Å². The lowest BCUT2D eigenvalue weighted by Crippen LogP contribution is -2.41. The molecular formula is C14H16ClF5N2O2. The Morgan fingerprint density at radius 2 is 2.08 bits per heavy atom. The number of hydrogen-bond acceptors (Lipinski definition) is 3. The lowest BCUT2D eigenvalue weighted by molar-refractivity contribution is -0.274. The third kappa shape index (κ3) is 5.79. The molecule has 0 bridgehead atoms. The average molecular weight is 375 g/mol. The highest BCUT2D eigenvalue weighted by molar-refractivity contribution is 5.85. The van der Waals surface area contributed by atoms with Crippen molar-refractivity contribution >= 4 is 18.3 Å². The van der Waals surface area contributed by atoms with E-state index in [1.807, 2.05) is 0 Å². The number of ether oxygens (including phenoxy) is 1. The molecule has 2 atom stereocenters. The van der Waals surface area contributed by atoms with Crippen LogP contribution in [0, 0.1) is 0 Å². The number of carbonyl (C=O) groups is 1. The largest absolute Gasteiger partial charge is 0.573 e. The molecule has 2 N–H and O–H groups in total. The van der Waals surface area contributed by atoms with Gasteiger partial charge >= 0.3 is 6.36 Å². The Morgan fingerprint density at radius 1 is 1.42 bits per heavy atom. The van der Waals surface area contributed by atoms with Crippen LogP contribution in [0.15, 0.2) is 24.3 Å². The Balaban J connectivity index is 0.00000288. The second-order valence-electron chi connectivity index (χ2n) is 5.34. The number of carbonyl (C=O) groups excluding carboxylic acids is 1. The fourth-order valence-electron chi connectivity index (χ4n) is 2.28. The van der Waals surface area contributed by atoms with Crippen LogP contribution in [-0.4, -0.2) is 30.8 Å². The minimum atomic E-state index is -4.82. The van der Waals surface area contributed by atoms with Crippen molar-refractivity contribution < 1.29 is 31.5 Å². The highest BCUT2D eigenvalue weighted by atomic mass is 35.5. The summed E-state index contributed by atoms with van der Waals surface area (Å²) in [6.45, 7) is 0.964. The summed E-state index contributed by atoms with van der Waals surface area (Å²) in [7, 11) is 0. The Morgan fingerprint density at radius 3 is 2.62 bits per heavy atom. The third-order valence-corrected chi connectivity index (χ3v) is 3.38. The van der Waals surface area contributed by atoms with E-state index in [2.05, 4.69) is 15.4 Å². The van der Waals surface area contributed by atoms with Gasteiger partial charge in [0.05, 0.1) is 18.6 Å². The fourth-order valence-corrected chi connectivity index (χ4v) is 2.28. The van der Waals surface area contributed by atoms with E-state index in [9.17, 15) is 26.7 Å². The first-order chi connectivity index (χ1) is 10.6. The van der Waals surface area contributed by atoms with Crippen LogP contribution < -0.4 is 15.4 Å². The third-order valence-electron chi connectivity index (χ3n) is 3.38. The Kier molecular flexibility index (Phi) is 6.40. The van der Waals surface area contributed by atoms with Crippen molar-refractivity contribution in [1.82, 2.24) is 10.6 Å². The molecule has 2 rings (SSSR count). The summed E-state index contributed by atoms with van der Waals surface area (Å²) in [4.78, 5) is 11.9. The van der Waals surface area contributed by atoms with Crippen LogP contribution in [0.5, 0.6) is 5.75 Å². The molecule has 0 aromatic heterocycles. The van der Waals surface area contributed by atoms with Gasteiger partial charge in [0, 0.05) is 6.42 Å². The van der Waals surface area contributed by atoms with Crippen molar-refractivity contribution in [1.29, 1.82) is 0 Å². The van der Waals surface area contributed by atoms with E-state index in [4.69, 9.17) is 0 Å². The zero-order valence-corrected chi connectivity index (χ0v) is 13.3. The standard InChI is InChI=1S/C14H15F5N2O2.ClH/c1-8(21-12(22)11-6-13(15,16)7-20-11)9-3-2-4-10(5-9)23-14(17,18)19;/h2-5,8,11,20H,6-7H2,1H3,(H,21,22);1H. The highest BCUT2D eigenvalue weighted by Crippen LogP contribution is 2.27. The van der Waals surface area contributed by atoms with Crippen LogP contribution >= 0.6 is 12.4 Å². The second-order valence-corrected chi connectivity index (χ2v) is 5.34. The number of alkyl halides is 5. The Labute approximate surface area is 141 Å². The lowest BCUT2D eigenvalue weighted by atomic mass is 10.1. The first-order valence-electron chi connectivity index (χ1n) is 6.83. The molecule has 136 valence electrons. The molecule has 1 aliphatic rings. The van der Waals surface area contributed by atoms with Crippen LogP contribution in [0.4, 0.5) is 22.0 Å². The number of halogens is 6. The maximum Gasteiger partial charge on any atom is 0.573 e. The summed E-state index contributed by atoms with van der Waals surface area (Å²) < 4.78 is 66.5. The van der Waals surface area contributed by atoms with Gasteiger partial charge in [-0.2, -0.15) is 0 Å². The van der Waals surface area contributed by atoms with Gasteiger partial charge in [0.1, 0.15) is 5.75 Å². The van der Waals surface area contributed by atoms with Gasteiger partial charge in [0.2, 0.25) is 5.91 Å². The van der Waals surface area contributed by atoms with Crippen molar-refractivity contribution in [3.63, 3.8) is 0 Å². The molecule has 1 fully saturated rings. The maximum atomic E-state index is 13.1. The number of amides is 1. The van der Waals surface area contributed by atoms with E-state index in [1.165, 1.54) is 19.1 Å². The first kappa shape index (κ1) is 20.4. The number of nitrogens with one attached hydrogen (secondary N) is 2. The highest BCUT2D eigenvalue weighted by Gasteiger charge is 2.42. The monoisotopic (exact) mass is 374 g/mol. The van der Waals surface area contributed by atoms with Crippen molar-refractivity contribution in [3.05, 3.63) is 29.8 Å². The van der Waals surface area contributed by atoms with Crippen LogP contribution in [0.1, 0.15) is 24.9 Å². The number of hydrogen-bond donors (Lipinski definition) is 2. The molecule has 1 aromatic rings. The van der Waals surface area contributed by atoms with E-state index >= 15 is 0 Å². The van der Waals surface area contributed by atoms with Crippen molar-refractivity contribution in [3.8, 4) is 5.75 Å². The molecule has 0 aliphatic carbocycles. The molecule has 0 spiro atoms. The number of rotatable bonds is 4. The van der Waals surface area contributed by atoms with E-state index in [0.717, 1.165) is 12.1 Å². The first-order valence-corrected chi connectivity index (χ1v) is 6.83. The summed E-state index contributed by atoms with van der Waals surface area (Å²) in [5.41, 5.74) is 0.366. The average Bonchev–Trinajstić information content (AvgIpc) is 2.77. The van der Waals surface area contributed by atoms with E-state index in [-0.39, 0.29) is 12.4 Å². The van der Waals surface area contributed by atoms with Gasteiger partial charge in [0.15, 0.2) is 0 Å². The minimum absolute atomic E-state index is 0. The molecule has 1 saturated heterocycles. The molecule has 24 heavy (non-hydrogen) atoms. The smallest absolute Gasteiger partial charge is 0.406 e.